The van der Waals surface area contributed by atoms with Crippen LogP contribution in [-0.4, -0.2) is 209 Å². The lowest BCUT2D eigenvalue weighted by molar-refractivity contribution is -0.139. The number of nitrogens with two attached hydrogens (primary N) is 1. The molecule has 0 aliphatic carbocycles. The van der Waals surface area contributed by atoms with Gasteiger partial charge in [-0.3, -0.25) is 33.7 Å². The number of imidazole rings is 1. The number of pyridine rings is 1. The number of alkyl carbamates (subject to hydrolysis) is 1. The molecule has 0 spiro atoms. The minimum absolute atomic E-state index is 0.000402. The first kappa shape index (κ1) is 73.1. The fourth-order valence-corrected chi connectivity index (χ4v) is 11.7. The van der Waals surface area contributed by atoms with Crippen LogP contribution in [0.15, 0.2) is 97.3 Å². The molecule has 1 saturated heterocycles. The van der Waals surface area contributed by atoms with Gasteiger partial charge in [0, 0.05) is 93.1 Å². The first-order valence-corrected chi connectivity index (χ1v) is 33.1. The van der Waals surface area contributed by atoms with Gasteiger partial charge < -0.3 is 85.3 Å². The van der Waals surface area contributed by atoms with Gasteiger partial charge in [-0.05, 0) is 103 Å². The van der Waals surface area contributed by atoms with Gasteiger partial charge in [0.2, 0.25) is 23.6 Å². The van der Waals surface area contributed by atoms with E-state index >= 15 is 0 Å². The molecule has 0 radical (unpaired) electrons. The van der Waals surface area contributed by atoms with E-state index in [9.17, 15) is 58.2 Å². The number of nitrogens with zero attached hydrogens (tertiary/aromatic N) is 6. The van der Waals surface area contributed by atoms with Crippen molar-refractivity contribution in [3.8, 4) is 11.5 Å². The zero-order valence-electron chi connectivity index (χ0n) is 54.2. The highest BCUT2D eigenvalue weighted by molar-refractivity contribution is 8.00. The fourth-order valence-electron chi connectivity index (χ4n) is 10.8. The smallest absolute Gasteiger partial charge is 0.415 e. The minimum Gasteiger partial charge on any atom is -0.508 e. The molecule has 29 nitrogen and oxygen atoms in total. The Morgan fingerprint density at radius 1 is 0.835 bits per heavy atom. The molecule has 0 bridgehead atoms. The number of alkyl halides is 1. The van der Waals surface area contributed by atoms with Gasteiger partial charge in [0.15, 0.2) is 0 Å². The van der Waals surface area contributed by atoms with E-state index in [4.69, 9.17) is 41.0 Å². The van der Waals surface area contributed by atoms with Crippen LogP contribution < -0.4 is 42.0 Å². The highest BCUT2D eigenvalue weighted by Crippen LogP contribution is 2.47. The number of urea groups is 1. The summed E-state index contributed by atoms with van der Waals surface area (Å²) < 4.78 is 29.7. The third-order valence-electron chi connectivity index (χ3n) is 16.0. The van der Waals surface area contributed by atoms with Gasteiger partial charge in [0.25, 0.3) is 11.8 Å². The van der Waals surface area contributed by atoms with Crippen LogP contribution in [0.3, 0.4) is 0 Å². The van der Waals surface area contributed by atoms with Crippen molar-refractivity contribution in [2.45, 2.75) is 69.9 Å². The summed E-state index contributed by atoms with van der Waals surface area (Å²) >= 11 is 7.95. The maximum absolute atomic E-state index is 14.6. The number of aromatic nitrogens is 2. The van der Waals surface area contributed by atoms with Crippen LogP contribution in [-0.2, 0) is 44.7 Å². The number of ether oxygens (including phenoxy) is 5. The number of phenols is 1. The number of aliphatic hydroxyl groups excluding tert-OH is 1. The molecule has 97 heavy (non-hydrogen) atoms. The molecule has 1 fully saturated rings. The molecule has 31 heteroatoms. The average Bonchev–Trinajstić information content (AvgIpc) is 1.60. The van der Waals surface area contributed by atoms with E-state index in [0.717, 1.165) is 21.4 Å². The number of rotatable bonds is 32. The number of aryl methyl sites for hydroxylation is 1. The molecular weight excluding hydrogens is 1300 g/mol. The van der Waals surface area contributed by atoms with Crippen LogP contribution in [0.25, 0.3) is 16.4 Å². The minimum atomic E-state index is -1.16. The summed E-state index contributed by atoms with van der Waals surface area (Å²) in [6.07, 6.45) is 2.85. The number of anilines is 3. The molecule has 2 aromatic heterocycles. The van der Waals surface area contributed by atoms with E-state index in [1.807, 2.05) is 25.1 Å². The second kappa shape index (κ2) is 34.8. The lowest BCUT2D eigenvalue weighted by Crippen LogP contribution is -2.54. The number of halogens is 1. The Hall–Kier alpha value is -9.75. The normalized spacial score (nSPS) is 14.8. The van der Waals surface area contributed by atoms with Crippen molar-refractivity contribution in [1.82, 2.24) is 40.0 Å². The van der Waals surface area contributed by atoms with E-state index in [1.165, 1.54) is 52.9 Å². The van der Waals surface area contributed by atoms with Crippen molar-refractivity contribution in [3.05, 3.63) is 125 Å². The van der Waals surface area contributed by atoms with Crippen molar-refractivity contribution in [1.29, 1.82) is 0 Å². The van der Waals surface area contributed by atoms with Gasteiger partial charge in [-0.2, -0.15) is 11.8 Å². The van der Waals surface area contributed by atoms with E-state index in [0.29, 0.717) is 39.2 Å². The van der Waals surface area contributed by atoms with Crippen LogP contribution in [0.1, 0.15) is 76.6 Å². The Bertz CT molecular complexity index is 3840. The maximum Gasteiger partial charge on any atom is 0.415 e. The van der Waals surface area contributed by atoms with Crippen LogP contribution >= 0.6 is 23.4 Å². The Kier molecular flexibility index (Phi) is 26.2. The fraction of sp³-hybridized carbons (Fsp3) is 0.409. The summed E-state index contributed by atoms with van der Waals surface area (Å²) in [4.78, 5) is 142. The predicted molar refractivity (Wildman–Crippen MR) is 360 cm³/mol. The highest BCUT2D eigenvalue weighted by atomic mass is 35.5. The molecule has 6 aromatic rings. The molecule has 8 rings (SSSR count). The van der Waals surface area contributed by atoms with E-state index in [1.54, 1.807) is 84.3 Å². The molecule has 4 atom stereocenters. The van der Waals surface area contributed by atoms with E-state index in [-0.39, 0.29) is 146 Å². The SMILES string of the molecule is CSC1CC(=O)N(CCOCCOC(=O)N[C@H](C(=O)N[C@@H](CCCNC(N)=O)C(=O)Nc2ccc(COC(=O)N(C)CCN(CCOCCO)C(=O)Oc3cc4c(c5c(C)cccc35)[C@H](CCl)CN4C(=O)c3cn4cc(NC(=O)c5ccc(O)cc5)ccc4n3)cc2)C(C)C)C1=O. The summed E-state index contributed by atoms with van der Waals surface area (Å²) in [6, 6.07) is 19.5. The van der Waals surface area contributed by atoms with Gasteiger partial charge in [-0.1, -0.05) is 44.2 Å². The highest BCUT2D eigenvalue weighted by Gasteiger charge is 2.39. The molecule has 1 unspecified atom stereocenters. The van der Waals surface area contributed by atoms with Gasteiger partial charge in [0.1, 0.15) is 48.1 Å². The van der Waals surface area contributed by atoms with Crippen molar-refractivity contribution in [2.24, 2.45) is 11.7 Å². The van der Waals surface area contributed by atoms with E-state index < -0.39 is 71.2 Å². The topological polar surface area (TPSA) is 374 Å². The number of nitrogens with one attached hydrogen (secondary N) is 5. The van der Waals surface area contributed by atoms with Crippen molar-refractivity contribution in [2.75, 3.05) is 114 Å². The summed E-state index contributed by atoms with van der Waals surface area (Å²) in [5, 5.41) is 33.3. The van der Waals surface area contributed by atoms with Crippen LogP contribution in [0.2, 0.25) is 0 Å². The van der Waals surface area contributed by atoms with Crippen molar-refractivity contribution >= 4 is 117 Å². The summed E-state index contributed by atoms with van der Waals surface area (Å²) in [5.74, 6) is -3.21. The molecule has 2 aliphatic heterocycles. The molecule has 4 aromatic carbocycles. The maximum atomic E-state index is 14.6. The molecule has 4 heterocycles. The largest absolute Gasteiger partial charge is 0.508 e. The number of phenolic OH excluding ortho intramolecular Hbond substituents is 1. The first-order chi connectivity index (χ1) is 46.6. The lowest BCUT2D eigenvalue weighted by Gasteiger charge is -2.26. The summed E-state index contributed by atoms with van der Waals surface area (Å²) in [7, 11) is 1.49. The van der Waals surface area contributed by atoms with E-state index in [2.05, 4.69) is 31.6 Å². The number of thioether (sulfide) groups is 1. The number of benzene rings is 4. The van der Waals surface area contributed by atoms with Crippen LogP contribution in [0.5, 0.6) is 11.5 Å². The summed E-state index contributed by atoms with van der Waals surface area (Å²) in [6.45, 7) is 4.83. The Morgan fingerprint density at radius 3 is 2.28 bits per heavy atom. The van der Waals surface area contributed by atoms with Gasteiger partial charge in [-0.25, -0.2) is 24.2 Å². The number of imide groups is 1. The zero-order chi connectivity index (χ0) is 69.9. The molecule has 0 saturated carbocycles. The standard InChI is InChI=1S/C66H79ClN12O17S/c1-39(2)57(74-64(89)94-31-30-93-28-25-78-54(82)33-52(97-5)62(78)87)60(85)73-48(10-7-21-69-63(68)88)59(84)70-44-15-11-41(12-16-44)38-95-65(90)75(4)22-23-76(24-27-92-29-26-80)66(91)96-51-32-50-56(55-40(3)8-6-9-47(51)55)43(34-67)35-79(50)61(86)49-37-77-36-45(17-20-53(77)72-49)71-58(83)42-13-18-46(81)19-14-42/h6,8-9,11-20,32,36-37,39,43,48,52,57,80-81H,7,10,21-31,33-35,38H2,1-5H3,(H,70,84)(H,71,83)(H,73,85)(H,74,89)(H3,68,69,88)/t43-,48+,52?,57+/m1/s1. The van der Waals surface area contributed by atoms with Crippen molar-refractivity contribution in [3.63, 3.8) is 0 Å². The van der Waals surface area contributed by atoms with Crippen LogP contribution in [0, 0.1) is 12.8 Å². The number of aliphatic hydroxyl groups is 1. The number of likely N-dealkylation sites (tertiary alicyclic amines) is 1. The number of carbonyl (C=O) groups is 10. The van der Waals surface area contributed by atoms with Crippen LogP contribution in [0.4, 0.5) is 36.2 Å². The molecule has 518 valence electrons. The third kappa shape index (κ3) is 19.5. The number of fused-ring (bicyclic) bond motifs is 4. The number of carbonyl (C=O) groups excluding carboxylic acids is 10. The Labute approximate surface area is 567 Å². The number of primary amides is 1. The van der Waals surface area contributed by atoms with Gasteiger partial charge >= 0.3 is 24.3 Å². The summed E-state index contributed by atoms with van der Waals surface area (Å²) in [5.41, 5.74) is 9.45. The lowest BCUT2D eigenvalue weighted by atomic mass is 9.92. The molecule has 9 N–H and O–H groups in total. The molecule has 2 aliphatic rings. The Balaban J connectivity index is 0.861. The third-order valence-corrected chi connectivity index (χ3v) is 17.3. The number of hydrogen-bond acceptors (Lipinski definition) is 19. The monoisotopic (exact) mass is 1380 g/mol. The molecular formula is C66H79ClN12O17S. The van der Waals surface area contributed by atoms with Gasteiger partial charge in [0.05, 0.1) is 56.2 Å². The number of amides is 11. The quantitative estimate of drug-likeness (QED) is 0.0137. The van der Waals surface area contributed by atoms with Crippen molar-refractivity contribution < 1.29 is 81.8 Å². The Morgan fingerprint density at radius 2 is 1.58 bits per heavy atom. The molecule has 11 amide bonds. The number of aromatic hydroxyl groups is 1. The predicted octanol–water partition coefficient (Wildman–Crippen LogP) is 5.94. The average molecular weight is 1380 g/mol. The second-order valence-electron chi connectivity index (χ2n) is 23.2. The number of hydrogen-bond donors (Lipinski definition) is 8. The number of likely N-dealkylation sites (N-methyl/N-ethyl adjacent to an activating group) is 1. The van der Waals surface area contributed by atoms with Gasteiger partial charge in [-0.15, -0.1) is 11.6 Å². The second-order valence-corrected chi connectivity index (χ2v) is 24.5. The first-order valence-electron chi connectivity index (χ1n) is 31.3. The zero-order valence-corrected chi connectivity index (χ0v) is 55.8.